The maximum Gasteiger partial charge on any atom is 0.229 e. The van der Waals surface area contributed by atoms with Crippen LogP contribution in [0.15, 0.2) is 66.7 Å². The van der Waals surface area contributed by atoms with Crippen molar-refractivity contribution >= 4 is 48.9 Å². The van der Waals surface area contributed by atoms with Crippen molar-refractivity contribution in [2.45, 2.75) is 13.0 Å². The Bertz CT molecular complexity index is 1260. The lowest BCUT2D eigenvalue weighted by molar-refractivity contribution is 0.200. The fourth-order valence-electron chi connectivity index (χ4n) is 3.41. The highest BCUT2D eigenvalue weighted by molar-refractivity contribution is 7.92. The number of hydrogen-bond donors (Lipinski definition) is 3. The molecule has 0 saturated carbocycles. The first-order chi connectivity index (χ1) is 13.8. The second kappa shape index (κ2) is 7.35. The van der Waals surface area contributed by atoms with Gasteiger partial charge in [-0.3, -0.25) is 4.72 Å². The van der Waals surface area contributed by atoms with Crippen molar-refractivity contribution in [3.63, 3.8) is 0 Å². The molecule has 7 heteroatoms. The van der Waals surface area contributed by atoms with Crippen LogP contribution in [0.5, 0.6) is 0 Å². The minimum absolute atomic E-state index is 0.401. The number of aromatic nitrogens is 1. The van der Waals surface area contributed by atoms with Gasteiger partial charge in [0.15, 0.2) is 0 Å². The zero-order valence-electron chi connectivity index (χ0n) is 16.0. The Morgan fingerprint density at radius 1 is 0.931 bits per heavy atom. The third-order valence-corrected chi connectivity index (χ3v) is 5.26. The molecule has 0 aliphatic carbocycles. The fraction of sp³-hybridized carbons (Fsp3) is 0.136. The minimum Gasteiger partial charge on any atom is -0.389 e. The van der Waals surface area contributed by atoms with Gasteiger partial charge in [-0.15, -0.1) is 0 Å². The predicted octanol–water partition coefficient (Wildman–Crippen LogP) is 4.56. The fourth-order valence-corrected chi connectivity index (χ4v) is 3.96. The molecule has 1 aromatic heterocycles. The van der Waals surface area contributed by atoms with E-state index in [-0.39, 0.29) is 0 Å². The van der Waals surface area contributed by atoms with E-state index in [1.807, 2.05) is 48.5 Å². The lowest BCUT2D eigenvalue weighted by atomic mass is 10.0. The van der Waals surface area contributed by atoms with Crippen LogP contribution in [0, 0.1) is 0 Å². The molecule has 1 heterocycles. The number of para-hydroxylation sites is 2. The third-order valence-electron chi connectivity index (χ3n) is 4.65. The van der Waals surface area contributed by atoms with Gasteiger partial charge in [0.2, 0.25) is 10.0 Å². The normalized spacial score (nSPS) is 12.8. The summed E-state index contributed by atoms with van der Waals surface area (Å²) >= 11 is 0. The zero-order valence-corrected chi connectivity index (χ0v) is 16.9. The van der Waals surface area contributed by atoms with E-state index in [4.69, 9.17) is 4.98 Å². The van der Waals surface area contributed by atoms with E-state index in [2.05, 4.69) is 10.0 Å². The Kier molecular flexibility index (Phi) is 4.86. The van der Waals surface area contributed by atoms with E-state index in [1.54, 1.807) is 25.1 Å². The molecule has 0 fully saturated rings. The monoisotopic (exact) mass is 407 g/mol. The van der Waals surface area contributed by atoms with Gasteiger partial charge in [0.05, 0.1) is 29.1 Å². The first kappa shape index (κ1) is 19.2. The van der Waals surface area contributed by atoms with E-state index in [0.717, 1.165) is 33.7 Å². The second-order valence-corrected chi connectivity index (χ2v) is 8.75. The summed E-state index contributed by atoms with van der Waals surface area (Å²) in [6, 6.07) is 20.8. The van der Waals surface area contributed by atoms with E-state index in [0.29, 0.717) is 16.9 Å². The standard InChI is InChI=1S/C22H21N3O3S/c1-14(26)18-13-15(25-29(2,27)28)11-12-21(18)24-22-16-7-3-5-9-19(16)23-20-10-6-4-8-17(20)22/h3-14,25-26H,1-2H3,(H,23,24). The van der Waals surface area contributed by atoms with Crippen LogP contribution in [0.4, 0.5) is 17.1 Å². The Labute approximate surface area is 169 Å². The molecule has 1 atom stereocenters. The van der Waals surface area contributed by atoms with Gasteiger partial charge in [-0.05, 0) is 37.3 Å². The molecule has 3 aromatic carbocycles. The molecule has 148 valence electrons. The number of fused-ring (bicyclic) bond motifs is 2. The third kappa shape index (κ3) is 4.01. The van der Waals surface area contributed by atoms with E-state index >= 15 is 0 Å². The molecule has 0 aliphatic rings. The molecular formula is C22H21N3O3S. The van der Waals surface area contributed by atoms with Gasteiger partial charge in [0.1, 0.15) is 0 Å². The SMILES string of the molecule is CC(O)c1cc(NS(C)(=O)=O)ccc1Nc1c2ccccc2nc2ccccc12. The van der Waals surface area contributed by atoms with Gasteiger partial charge in [-0.1, -0.05) is 36.4 Å². The van der Waals surface area contributed by atoms with Crippen LogP contribution in [0.1, 0.15) is 18.6 Å². The van der Waals surface area contributed by atoms with Crippen LogP contribution in [-0.4, -0.2) is 24.8 Å². The highest BCUT2D eigenvalue weighted by Gasteiger charge is 2.14. The molecule has 0 aliphatic heterocycles. The van der Waals surface area contributed by atoms with Crippen LogP contribution >= 0.6 is 0 Å². The summed E-state index contributed by atoms with van der Waals surface area (Å²) in [5, 5.41) is 15.7. The van der Waals surface area contributed by atoms with E-state index in [1.165, 1.54) is 0 Å². The molecule has 0 radical (unpaired) electrons. The van der Waals surface area contributed by atoms with Crippen LogP contribution in [0.2, 0.25) is 0 Å². The van der Waals surface area contributed by atoms with Crippen molar-refractivity contribution in [2.75, 3.05) is 16.3 Å². The Hall–Kier alpha value is -3.16. The molecule has 0 bridgehead atoms. The number of sulfonamides is 1. The summed E-state index contributed by atoms with van der Waals surface area (Å²) in [6.07, 6.45) is 0.300. The summed E-state index contributed by atoms with van der Waals surface area (Å²) in [7, 11) is -3.41. The summed E-state index contributed by atoms with van der Waals surface area (Å²) < 4.78 is 25.6. The molecule has 0 amide bonds. The summed E-state index contributed by atoms with van der Waals surface area (Å²) in [4.78, 5) is 4.73. The smallest absolute Gasteiger partial charge is 0.229 e. The zero-order chi connectivity index (χ0) is 20.6. The lowest BCUT2D eigenvalue weighted by Crippen LogP contribution is -2.10. The maximum absolute atomic E-state index is 11.6. The summed E-state index contributed by atoms with van der Waals surface area (Å²) in [5.41, 5.74) is 4.30. The van der Waals surface area contributed by atoms with Crippen molar-refractivity contribution in [3.05, 3.63) is 72.3 Å². The average Bonchev–Trinajstić information content (AvgIpc) is 2.67. The van der Waals surface area contributed by atoms with Crippen molar-refractivity contribution < 1.29 is 13.5 Å². The molecule has 0 saturated heterocycles. The van der Waals surface area contributed by atoms with Crippen molar-refractivity contribution in [1.29, 1.82) is 0 Å². The summed E-state index contributed by atoms with van der Waals surface area (Å²) in [5.74, 6) is 0. The Morgan fingerprint density at radius 2 is 1.52 bits per heavy atom. The number of nitrogens with one attached hydrogen (secondary N) is 2. The highest BCUT2D eigenvalue weighted by atomic mass is 32.2. The van der Waals surface area contributed by atoms with Crippen molar-refractivity contribution in [3.8, 4) is 0 Å². The number of rotatable bonds is 5. The van der Waals surface area contributed by atoms with Crippen molar-refractivity contribution in [1.82, 2.24) is 4.98 Å². The van der Waals surface area contributed by atoms with Crippen LogP contribution in [-0.2, 0) is 10.0 Å². The quantitative estimate of drug-likeness (QED) is 0.422. The molecule has 29 heavy (non-hydrogen) atoms. The topological polar surface area (TPSA) is 91.3 Å². The molecule has 6 nitrogen and oxygen atoms in total. The molecular weight excluding hydrogens is 386 g/mol. The number of aliphatic hydroxyl groups excluding tert-OH is 1. The van der Waals surface area contributed by atoms with Crippen LogP contribution in [0.25, 0.3) is 21.8 Å². The first-order valence-corrected chi connectivity index (χ1v) is 11.1. The Balaban J connectivity index is 1.88. The molecule has 0 spiro atoms. The number of nitrogens with zero attached hydrogens (tertiary/aromatic N) is 1. The maximum atomic E-state index is 11.6. The second-order valence-electron chi connectivity index (χ2n) is 7.00. The van der Waals surface area contributed by atoms with Gasteiger partial charge in [0.25, 0.3) is 0 Å². The lowest BCUT2D eigenvalue weighted by Gasteiger charge is -2.18. The number of hydrogen-bond acceptors (Lipinski definition) is 5. The van der Waals surface area contributed by atoms with Gasteiger partial charge >= 0.3 is 0 Å². The number of benzene rings is 3. The van der Waals surface area contributed by atoms with Gasteiger partial charge in [-0.25, -0.2) is 13.4 Å². The molecule has 4 aromatic rings. The molecule has 4 rings (SSSR count). The predicted molar refractivity (Wildman–Crippen MR) is 118 cm³/mol. The number of pyridine rings is 1. The first-order valence-electron chi connectivity index (χ1n) is 9.16. The van der Waals surface area contributed by atoms with E-state index in [9.17, 15) is 13.5 Å². The van der Waals surface area contributed by atoms with Crippen molar-refractivity contribution in [2.24, 2.45) is 0 Å². The molecule has 1 unspecified atom stereocenters. The van der Waals surface area contributed by atoms with Gasteiger partial charge in [-0.2, -0.15) is 0 Å². The molecule has 3 N–H and O–H groups in total. The van der Waals surface area contributed by atoms with Crippen LogP contribution in [0.3, 0.4) is 0 Å². The van der Waals surface area contributed by atoms with E-state index < -0.39 is 16.1 Å². The van der Waals surface area contributed by atoms with Gasteiger partial charge in [0, 0.05) is 27.7 Å². The van der Waals surface area contributed by atoms with Crippen LogP contribution < -0.4 is 10.0 Å². The Morgan fingerprint density at radius 3 is 2.07 bits per heavy atom. The number of anilines is 3. The minimum atomic E-state index is -3.41. The average molecular weight is 407 g/mol. The summed E-state index contributed by atoms with van der Waals surface area (Å²) in [6.45, 7) is 1.65. The number of aliphatic hydroxyl groups is 1. The highest BCUT2D eigenvalue weighted by Crippen LogP contribution is 2.36. The largest absolute Gasteiger partial charge is 0.389 e. The van der Waals surface area contributed by atoms with Gasteiger partial charge < -0.3 is 10.4 Å².